The van der Waals surface area contributed by atoms with Gasteiger partial charge in [0.2, 0.25) is 0 Å². The van der Waals surface area contributed by atoms with Gasteiger partial charge in [-0.15, -0.1) is 0 Å². The molecule has 14 heavy (non-hydrogen) atoms. The monoisotopic (exact) mass is 193 g/mol. The molecule has 1 unspecified atom stereocenters. The van der Waals surface area contributed by atoms with E-state index in [1.807, 2.05) is 0 Å². The van der Waals surface area contributed by atoms with Crippen LogP contribution in [0.25, 0.3) is 5.57 Å². The van der Waals surface area contributed by atoms with Crippen LogP contribution in [0.1, 0.15) is 12.5 Å². The Morgan fingerprint density at radius 2 is 2.14 bits per heavy atom. The van der Waals surface area contributed by atoms with Crippen molar-refractivity contribution in [2.24, 2.45) is 0 Å². The molecule has 1 heterocycles. The summed E-state index contributed by atoms with van der Waals surface area (Å²) < 4.78 is 0. The molecule has 1 aromatic heterocycles. The molecule has 0 saturated carbocycles. The van der Waals surface area contributed by atoms with Crippen LogP contribution in [0.15, 0.2) is 25.3 Å². The van der Waals surface area contributed by atoms with Gasteiger partial charge >= 0.3 is 0 Å². The van der Waals surface area contributed by atoms with Gasteiger partial charge in [-0.1, -0.05) is 6.58 Å². The van der Waals surface area contributed by atoms with Crippen molar-refractivity contribution >= 4 is 11.5 Å². The van der Waals surface area contributed by atoms with E-state index in [0.717, 1.165) is 0 Å². The van der Waals surface area contributed by atoms with E-state index in [9.17, 15) is 4.79 Å². The molecule has 1 aromatic rings. The van der Waals surface area contributed by atoms with Gasteiger partial charge in [0.05, 0.1) is 0 Å². The first kappa shape index (κ1) is 10.3. The number of nitrogens with one attached hydrogen (secondary N) is 1. The van der Waals surface area contributed by atoms with Crippen molar-refractivity contribution in [2.45, 2.75) is 13.2 Å². The molecule has 0 radical (unpaired) electrons. The van der Waals surface area contributed by atoms with Gasteiger partial charge in [0, 0.05) is 23.5 Å². The topological polar surface area (TPSA) is 75.1 Å². The van der Waals surface area contributed by atoms with Crippen LogP contribution >= 0.6 is 0 Å². The minimum atomic E-state index is -0.899. The Hall–Kier alpha value is -1.75. The SMILES string of the molecule is C=C(C(=O)NC(C)O)c1cncnc1. The van der Waals surface area contributed by atoms with E-state index in [4.69, 9.17) is 5.11 Å². The second-order valence-electron chi connectivity index (χ2n) is 2.76. The van der Waals surface area contributed by atoms with E-state index in [1.54, 1.807) is 0 Å². The Labute approximate surface area is 81.5 Å². The van der Waals surface area contributed by atoms with E-state index in [1.165, 1.54) is 25.6 Å². The second kappa shape index (κ2) is 4.48. The highest BCUT2D eigenvalue weighted by atomic mass is 16.3. The molecule has 5 nitrogen and oxygen atoms in total. The van der Waals surface area contributed by atoms with Crippen molar-refractivity contribution in [3.8, 4) is 0 Å². The van der Waals surface area contributed by atoms with E-state index >= 15 is 0 Å². The van der Waals surface area contributed by atoms with E-state index in [-0.39, 0.29) is 5.57 Å². The molecule has 0 fully saturated rings. The van der Waals surface area contributed by atoms with Crippen LogP contribution in [0.2, 0.25) is 0 Å². The number of nitrogens with zero attached hydrogens (tertiary/aromatic N) is 2. The van der Waals surface area contributed by atoms with Gasteiger partial charge in [0.1, 0.15) is 12.6 Å². The van der Waals surface area contributed by atoms with Crippen LogP contribution in [-0.2, 0) is 4.79 Å². The van der Waals surface area contributed by atoms with Crippen molar-refractivity contribution in [2.75, 3.05) is 0 Å². The number of carbonyl (C=O) groups excluding carboxylic acids is 1. The fraction of sp³-hybridized carbons (Fsp3) is 0.222. The summed E-state index contributed by atoms with van der Waals surface area (Å²) in [7, 11) is 0. The van der Waals surface area contributed by atoms with E-state index in [2.05, 4.69) is 21.9 Å². The van der Waals surface area contributed by atoms with Crippen LogP contribution in [0, 0.1) is 0 Å². The number of carbonyl (C=O) groups is 1. The van der Waals surface area contributed by atoms with Crippen molar-refractivity contribution in [1.29, 1.82) is 0 Å². The molecule has 0 aliphatic carbocycles. The summed E-state index contributed by atoms with van der Waals surface area (Å²) in [6, 6.07) is 0. The molecule has 1 rings (SSSR count). The van der Waals surface area contributed by atoms with Crippen LogP contribution in [0.4, 0.5) is 0 Å². The number of aliphatic hydroxyl groups is 1. The second-order valence-corrected chi connectivity index (χ2v) is 2.76. The van der Waals surface area contributed by atoms with Gasteiger partial charge in [0.15, 0.2) is 0 Å². The molecule has 5 heteroatoms. The molecular weight excluding hydrogens is 182 g/mol. The molecule has 0 saturated heterocycles. The molecule has 0 aliphatic rings. The summed E-state index contributed by atoms with van der Waals surface area (Å²) in [5, 5.41) is 11.2. The summed E-state index contributed by atoms with van der Waals surface area (Å²) in [6.07, 6.45) is 3.43. The third kappa shape index (κ3) is 2.63. The van der Waals surface area contributed by atoms with Gasteiger partial charge < -0.3 is 10.4 Å². The third-order valence-corrected chi connectivity index (χ3v) is 1.52. The maximum atomic E-state index is 11.3. The van der Waals surface area contributed by atoms with Gasteiger partial charge in [-0.05, 0) is 6.92 Å². The molecule has 1 amide bonds. The zero-order chi connectivity index (χ0) is 10.6. The Morgan fingerprint density at radius 3 is 2.64 bits per heavy atom. The molecule has 1 atom stereocenters. The Kier molecular flexibility index (Phi) is 3.30. The van der Waals surface area contributed by atoms with Gasteiger partial charge in [-0.2, -0.15) is 0 Å². The number of amides is 1. The highest BCUT2D eigenvalue weighted by Gasteiger charge is 2.10. The fourth-order valence-corrected chi connectivity index (χ4v) is 0.863. The largest absolute Gasteiger partial charge is 0.374 e. The minimum Gasteiger partial charge on any atom is -0.374 e. The molecule has 2 N–H and O–H groups in total. The zero-order valence-electron chi connectivity index (χ0n) is 7.77. The average Bonchev–Trinajstić information content (AvgIpc) is 2.17. The van der Waals surface area contributed by atoms with Crippen molar-refractivity contribution in [3.05, 3.63) is 30.9 Å². The first-order valence-corrected chi connectivity index (χ1v) is 4.04. The summed E-state index contributed by atoms with van der Waals surface area (Å²) in [5.74, 6) is -0.435. The summed E-state index contributed by atoms with van der Waals surface area (Å²) in [6.45, 7) is 5.03. The summed E-state index contributed by atoms with van der Waals surface area (Å²) in [4.78, 5) is 18.8. The number of hydrogen-bond acceptors (Lipinski definition) is 4. The predicted molar refractivity (Wildman–Crippen MR) is 50.9 cm³/mol. The van der Waals surface area contributed by atoms with Crippen LogP contribution in [0.3, 0.4) is 0 Å². The lowest BCUT2D eigenvalue weighted by molar-refractivity contribution is -0.118. The lowest BCUT2D eigenvalue weighted by Crippen LogP contribution is -2.32. The molecule has 0 spiro atoms. The van der Waals surface area contributed by atoms with Crippen molar-refractivity contribution in [3.63, 3.8) is 0 Å². The number of aliphatic hydroxyl groups excluding tert-OH is 1. The summed E-state index contributed by atoms with van der Waals surface area (Å²) in [5.41, 5.74) is 0.761. The van der Waals surface area contributed by atoms with Crippen LogP contribution < -0.4 is 5.32 Å². The van der Waals surface area contributed by atoms with Crippen LogP contribution in [0.5, 0.6) is 0 Å². The minimum absolute atomic E-state index is 0.228. The lowest BCUT2D eigenvalue weighted by Gasteiger charge is -2.08. The van der Waals surface area contributed by atoms with Gasteiger partial charge in [-0.3, -0.25) is 4.79 Å². The first-order valence-electron chi connectivity index (χ1n) is 4.04. The Balaban J connectivity index is 2.72. The molecule has 0 aromatic carbocycles. The van der Waals surface area contributed by atoms with Gasteiger partial charge in [0.25, 0.3) is 5.91 Å². The number of aromatic nitrogens is 2. The molecule has 74 valence electrons. The van der Waals surface area contributed by atoms with E-state index in [0.29, 0.717) is 5.56 Å². The highest BCUT2D eigenvalue weighted by Crippen LogP contribution is 2.08. The normalized spacial score (nSPS) is 11.9. The van der Waals surface area contributed by atoms with E-state index < -0.39 is 12.1 Å². The maximum absolute atomic E-state index is 11.3. The van der Waals surface area contributed by atoms with Crippen molar-refractivity contribution in [1.82, 2.24) is 15.3 Å². The molecule has 0 bridgehead atoms. The number of rotatable bonds is 3. The van der Waals surface area contributed by atoms with Gasteiger partial charge in [-0.25, -0.2) is 9.97 Å². The van der Waals surface area contributed by atoms with Crippen molar-refractivity contribution < 1.29 is 9.90 Å². The predicted octanol–water partition coefficient (Wildman–Crippen LogP) is -0.0557. The lowest BCUT2D eigenvalue weighted by atomic mass is 10.1. The maximum Gasteiger partial charge on any atom is 0.253 e. The quantitative estimate of drug-likeness (QED) is 0.521. The van der Waals surface area contributed by atoms with Crippen LogP contribution in [-0.4, -0.2) is 27.2 Å². The Morgan fingerprint density at radius 1 is 1.57 bits per heavy atom. The standard InChI is InChI=1S/C9H11N3O2/c1-6(9(14)12-7(2)13)8-3-10-5-11-4-8/h3-5,7,13H,1H2,2H3,(H,12,14). The first-order chi connectivity index (χ1) is 6.61. The number of hydrogen-bond donors (Lipinski definition) is 2. The highest BCUT2D eigenvalue weighted by molar-refractivity contribution is 6.18. The Bertz CT molecular complexity index is 335. The molecule has 0 aliphatic heterocycles. The fourth-order valence-electron chi connectivity index (χ4n) is 0.863. The zero-order valence-corrected chi connectivity index (χ0v) is 7.77. The third-order valence-electron chi connectivity index (χ3n) is 1.52. The summed E-state index contributed by atoms with van der Waals surface area (Å²) >= 11 is 0. The molecular formula is C9H11N3O2. The smallest absolute Gasteiger partial charge is 0.253 e. The average molecular weight is 193 g/mol.